The van der Waals surface area contributed by atoms with E-state index in [1.807, 2.05) is 26.0 Å². The normalized spacial score (nSPS) is 16.1. The van der Waals surface area contributed by atoms with Gasteiger partial charge in [0.2, 0.25) is 0 Å². The lowest BCUT2D eigenvalue weighted by Gasteiger charge is -2.24. The van der Waals surface area contributed by atoms with E-state index in [0.29, 0.717) is 5.92 Å². The average Bonchev–Trinajstić information content (AvgIpc) is 2.54. The number of hydrogen-bond donors (Lipinski definition) is 2. The first kappa shape index (κ1) is 15.0. The Hall–Kier alpha value is -1.87. The van der Waals surface area contributed by atoms with E-state index in [-0.39, 0.29) is 11.9 Å². The van der Waals surface area contributed by atoms with E-state index in [9.17, 15) is 4.79 Å². The summed E-state index contributed by atoms with van der Waals surface area (Å²) in [5, 5.41) is 8.82. The maximum Gasteiger partial charge on any atom is 0.251 e. The van der Waals surface area contributed by atoms with Crippen LogP contribution in [0.5, 0.6) is 0 Å². The number of carbonyl (C=O) groups is 1. The predicted octanol–water partition coefficient (Wildman–Crippen LogP) is 3.45. The second-order valence-corrected chi connectivity index (χ2v) is 6.44. The molecule has 0 saturated carbocycles. The van der Waals surface area contributed by atoms with Crippen molar-refractivity contribution < 1.29 is 4.79 Å². The van der Waals surface area contributed by atoms with Crippen LogP contribution in [0.3, 0.4) is 0 Å². The van der Waals surface area contributed by atoms with E-state index < -0.39 is 0 Å². The number of rotatable bonds is 3. The minimum Gasteiger partial charge on any atom is -0.350 e. The highest BCUT2D eigenvalue weighted by Crippen LogP contribution is 2.31. The molecule has 2 aromatic carbocycles. The number of fused-ring (bicyclic) bond motifs is 1. The Labute approximate surface area is 132 Å². The largest absolute Gasteiger partial charge is 0.350 e. The summed E-state index contributed by atoms with van der Waals surface area (Å²) in [7, 11) is 0. The summed E-state index contributed by atoms with van der Waals surface area (Å²) in [6.07, 6.45) is 2.38. The van der Waals surface area contributed by atoms with Crippen molar-refractivity contribution in [2.24, 2.45) is 0 Å². The molecule has 1 aliphatic heterocycles. The molecule has 3 rings (SSSR count). The third kappa shape index (κ3) is 3.14. The Morgan fingerprint density at radius 1 is 1.18 bits per heavy atom. The molecule has 2 N–H and O–H groups in total. The summed E-state index contributed by atoms with van der Waals surface area (Å²) in [6, 6.07) is 12.7. The van der Waals surface area contributed by atoms with Crippen molar-refractivity contribution in [1.82, 2.24) is 10.6 Å². The zero-order valence-electron chi connectivity index (χ0n) is 13.4. The van der Waals surface area contributed by atoms with Gasteiger partial charge in [-0.05, 0) is 74.2 Å². The van der Waals surface area contributed by atoms with Gasteiger partial charge in [-0.25, -0.2) is 0 Å². The monoisotopic (exact) mass is 296 g/mol. The van der Waals surface area contributed by atoms with E-state index in [1.54, 1.807) is 0 Å². The lowest BCUT2D eigenvalue weighted by molar-refractivity contribution is 0.0943. The lowest BCUT2D eigenvalue weighted by atomic mass is 9.86. The minimum absolute atomic E-state index is 0.00386. The maximum atomic E-state index is 12.2. The molecule has 1 heterocycles. The number of hydrogen-bond acceptors (Lipinski definition) is 2. The van der Waals surface area contributed by atoms with Crippen molar-refractivity contribution in [3.63, 3.8) is 0 Å². The number of amides is 1. The fourth-order valence-electron chi connectivity index (χ4n) is 3.28. The fourth-order valence-corrected chi connectivity index (χ4v) is 3.28. The summed E-state index contributed by atoms with van der Waals surface area (Å²) in [4.78, 5) is 12.2. The van der Waals surface area contributed by atoms with Crippen LogP contribution in [0.2, 0.25) is 0 Å². The van der Waals surface area contributed by atoms with Crippen molar-refractivity contribution in [3.8, 4) is 0 Å². The average molecular weight is 296 g/mol. The molecule has 0 radical (unpaired) electrons. The van der Waals surface area contributed by atoms with Crippen LogP contribution >= 0.6 is 0 Å². The van der Waals surface area contributed by atoms with Crippen LogP contribution in [0.4, 0.5) is 0 Å². The van der Waals surface area contributed by atoms with Crippen molar-refractivity contribution in [2.45, 2.75) is 38.6 Å². The molecule has 3 nitrogen and oxygen atoms in total. The van der Waals surface area contributed by atoms with Crippen molar-refractivity contribution in [3.05, 3.63) is 47.5 Å². The van der Waals surface area contributed by atoms with Crippen LogP contribution in [0.1, 0.15) is 48.5 Å². The molecule has 0 bridgehead atoms. The van der Waals surface area contributed by atoms with Gasteiger partial charge in [-0.3, -0.25) is 4.79 Å². The first-order chi connectivity index (χ1) is 10.6. The topological polar surface area (TPSA) is 41.1 Å². The summed E-state index contributed by atoms with van der Waals surface area (Å²) in [5.74, 6) is 0.629. The Bertz CT molecular complexity index is 672. The molecule has 1 aliphatic rings. The standard InChI is InChI=1S/C19H24N2O/c1-13(2)21-19(22)16-6-7-18-15(12-16)4-3-5-17(18)14-8-10-20-11-9-14/h3-7,12-14,20H,8-11H2,1-2H3,(H,21,22). The number of nitrogens with one attached hydrogen (secondary N) is 2. The zero-order chi connectivity index (χ0) is 15.5. The van der Waals surface area contributed by atoms with E-state index in [4.69, 9.17) is 0 Å². The molecule has 0 aliphatic carbocycles. The highest BCUT2D eigenvalue weighted by Gasteiger charge is 2.17. The minimum atomic E-state index is 0.00386. The highest BCUT2D eigenvalue weighted by molar-refractivity contribution is 5.99. The Morgan fingerprint density at radius 3 is 2.68 bits per heavy atom. The van der Waals surface area contributed by atoms with Crippen molar-refractivity contribution in [2.75, 3.05) is 13.1 Å². The van der Waals surface area contributed by atoms with Crippen LogP contribution in [-0.4, -0.2) is 25.0 Å². The van der Waals surface area contributed by atoms with Crippen LogP contribution < -0.4 is 10.6 Å². The quantitative estimate of drug-likeness (QED) is 0.911. The van der Waals surface area contributed by atoms with E-state index in [0.717, 1.165) is 24.0 Å². The van der Waals surface area contributed by atoms with Gasteiger partial charge in [-0.2, -0.15) is 0 Å². The molecule has 0 unspecified atom stereocenters. The molecule has 3 heteroatoms. The molecule has 0 atom stereocenters. The second-order valence-electron chi connectivity index (χ2n) is 6.44. The van der Waals surface area contributed by atoms with Gasteiger partial charge in [0.05, 0.1) is 0 Å². The summed E-state index contributed by atoms with van der Waals surface area (Å²) >= 11 is 0. The molecule has 22 heavy (non-hydrogen) atoms. The first-order valence-electron chi connectivity index (χ1n) is 8.19. The fraction of sp³-hybridized carbons (Fsp3) is 0.421. The maximum absolute atomic E-state index is 12.2. The summed E-state index contributed by atoms with van der Waals surface area (Å²) in [5.41, 5.74) is 2.17. The van der Waals surface area contributed by atoms with Crippen molar-refractivity contribution >= 4 is 16.7 Å². The Morgan fingerprint density at radius 2 is 1.95 bits per heavy atom. The van der Waals surface area contributed by atoms with Crippen LogP contribution in [0.15, 0.2) is 36.4 Å². The molecule has 1 amide bonds. The lowest BCUT2D eigenvalue weighted by Crippen LogP contribution is -2.30. The third-order valence-electron chi connectivity index (χ3n) is 4.38. The Balaban J connectivity index is 1.95. The van der Waals surface area contributed by atoms with Gasteiger partial charge in [0.1, 0.15) is 0 Å². The van der Waals surface area contributed by atoms with E-state index in [1.165, 1.54) is 23.8 Å². The molecule has 1 saturated heterocycles. The van der Waals surface area contributed by atoms with E-state index in [2.05, 4.69) is 34.9 Å². The Kier molecular flexibility index (Phi) is 4.44. The van der Waals surface area contributed by atoms with Gasteiger partial charge in [-0.1, -0.05) is 24.3 Å². The van der Waals surface area contributed by atoms with Gasteiger partial charge >= 0.3 is 0 Å². The second kappa shape index (κ2) is 6.49. The predicted molar refractivity (Wildman–Crippen MR) is 91.4 cm³/mol. The number of carbonyl (C=O) groups excluding carboxylic acids is 1. The van der Waals surface area contributed by atoms with Crippen LogP contribution in [0, 0.1) is 0 Å². The molecular formula is C19H24N2O. The number of benzene rings is 2. The van der Waals surface area contributed by atoms with Crippen LogP contribution in [0.25, 0.3) is 10.8 Å². The van der Waals surface area contributed by atoms with Crippen molar-refractivity contribution in [1.29, 1.82) is 0 Å². The molecule has 2 aromatic rings. The van der Waals surface area contributed by atoms with Gasteiger partial charge in [-0.15, -0.1) is 0 Å². The highest BCUT2D eigenvalue weighted by atomic mass is 16.1. The summed E-state index contributed by atoms with van der Waals surface area (Å²) in [6.45, 7) is 6.15. The first-order valence-corrected chi connectivity index (χ1v) is 8.19. The third-order valence-corrected chi connectivity index (χ3v) is 4.38. The molecule has 0 aromatic heterocycles. The van der Waals surface area contributed by atoms with E-state index >= 15 is 0 Å². The molecular weight excluding hydrogens is 272 g/mol. The summed E-state index contributed by atoms with van der Waals surface area (Å²) < 4.78 is 0. The van der Waals surface area contributed by atoms with Gasteiger partial charge in [0.25, 0.3) is 5.91 Å². The molecule has 116 valence electrons. The SMILES string of the molecule is CC(C)NC(=O)c1ccc2c(C3CCNCC3)cccc2c1. The zero-order valence-corrected chi connectivity index (χ0v) is 13.4. The molecule has 0 spiro atoms. The van der Waals surface area contributed by atoms with Gasteiger partial charge < -0.3 is 10.6 Å². The van der Waals surface area contributed by atoms with Crippen LogP contribution in [-0.2, 0) is 0 Å². The van der Waals surface area contributed by atoms with Gasteiger partial charge in [0, 0.05) is 11.6 Å². The molecule has 1 fully saturated rings. The number of piperidine rings is 1. The smallest absolute Gasteiger partial charge is 0.251 e. The van der Waals surface area contributed by atoms with Gasteiger partial charge in [0.15, 0.2) is 0 Å².